The van der Waals surface area contributed by atoms with Gasteiger partial charge < -0.3 is 14.5 Å². The summed E-state index contributed by atoms with van der Waals surface area (Å²) >= 11 is 0. The third kappa shape index (κ3) is 4.11. The summed E-state index contributed by atoms with van der Waals surface area (Å²) in [6, 6.07) is 10.4. The van der Waals surface area contributed by atoms with Crippen molar-refractivity contribution in [3.05, 3.63) is 53.5 Å². The Morgan fingerprint density at radius 3 is 2.62 bits per heavy atom. The van der Waals surface area contributed by atoms with E-state index in [0.29, 0.717) is 0 Å². The van der Waals surface area contributed by atoms with Crippen molar-refractivity contribution < 1.29 is 9.15 Å². The molecule has 0 aliphatic heterocycles. The molecule has 3 heteroatoms. The van der Waals surface area contributed by atoms with Crippen molar-refractivity contribution in [1.29, 1.82) is 0 Å². The van der Waals surface area contributed by atoms with E-state index in [1.807, 2.05) is 39.2 Å². The number of rotatable bonds is 7. The highest BCUT2D eigenvalue weighted by Gasteiger charge is 2.19. The van der Waals surface area contributed by atoms with Crippen LogP contribution in [0.25, 0.3) is 0 Å². The smallest absolute Gasteiger partial charge is 0.124 e. The standard InChI is InChI=1S/C18H25NO2/c1-5-10-19-18(15-11-14(4)20-12-15)16-8-6-7-9-17(16)21-13(2)3/h6-9,11-13,18-19H,5,10H2,1-4H3. The molecule has 0 amide bonds. The maximum atomic E-state index is 5.96. The SMILES string of the molecule is CCCNC(c1coc(C)c1)c1ccccc1OC(C)C. The van der Waals surface area contributed by atoms with Crippen molar-refractivity contribution in [2.45, 2.75) is 46.3 Å². The summed E-state index contributed by atoms with van der Waals surface area (Å²) in [6.07, 6.45) is 3.07. The van der Waals surface area contributed by atoms with Gasteiger partial charge in [0.05, 0.1) is 18.4 Å². The fourth-order valence-electron chi connectivity index (χ4n) is 2.39. The van der Waals surface area contributed by atoms with Crippen LogP contribution < -0.4 is 10.1 Å². The zero-order valence-electron chi connectivity index (χ0n) is 13.3. The average molecular weight is 287 g/mol. The number of benzene rings is 1. The molecular formula is C18H25NO2. The lowest BCUT2D eigenvalue weighted by molar-refractivity contribution is 0.238. The fourth-order valence-corrected chi connectivity index (χ4v) is 2.39. The Kier molecular flexibility index (Phi) is 5.45. The van der Waals surface area contributed by atoms with Crippen LogP contribution in [0.4, 0.5) is 0 Å². The van der Waals surface area contributed by atoms with E-state index in [9.17, 15) is 0 Å². The van der Waals surface area contributed by atoms with E-state index < -0.39 is 0 Å². The first kappa shape index (κ1) is 15.6. The van der Waals surface area contributed by atoms with Crippen molar-refractivity contribution >= 4 is 0 Å². The third-order valence-corrected chi connectivity index (χ3v) is 3.28. The molecule has 1 heterocycles. The molecule has 1 aromatic carbocycles. The molecule has 0 fully saturated rings. The van der Waals surface area contributed by atoms with E-state index in [1.165, 1.54) is 0 Å². The van der Waals surface area contributed by atoms with Crippen molar-refractivity contribution in [2.75, 3.05) is 6.54 Å². The minimum atomic E-state index is 0.0948. The molecule has 1 unspecified atom stereocenters. The van der Waals surface area contributed by atoms with Gasteiger partial charge in [0.15, 0.2) is 0 Å². The van der Waals surface area contributed by atoms with Crippen LogP contribution in [-0.4, -0.2) is 12.6 Å². The van der Waals surface area contributed by atoms with Crippen LogP contribution in [0.2, 0.25) is 0 Å². The molecule has 1 aromatic heterocycles. The van der Waals surface area contributed by atoms with Crippen molar-refractivity contribution in [3.8, 4) is 5.75 Å². The van der Waals surface area contributed by atoms with Gasteiger partial charge in [0, 0.05) is 11.1 Å². The predicted octanol–water partition coefficient (Wildman–Crippen LogP) is 4.46. The first-order valence-electron chi connectivity index (χ1n) is 7.65. The Labute approximate surface area is 127 Å². The molecule has 0 spiro atoms. The van der Waals surface area contributed by atoms with E-state index in [0.717, 1.165) is 35.6 Å². The van der Waals surface area contributed by atoms with E-state index in [-0.39, 0.29) is 12.1 Å². The highest BCUT2D eigenvalue weighted by Crippen LogP contribution is 2.31. The maximum absolute atomic E-state index is 5.96. The summed E-state index contributed by atoms with van der Waals surface area (Å²) in [4.78, 5) is 0. The molecule has 0 radical (unpaired) electrons. The molecule has 0 saturated heterocycles. The van der Waals surface area contributed by atoms with Gasteiger partial charge in [0.2, 0.25) is 0 Å². The fraction of sp³-hybridized carbons (Fsp3) is 0.444. The first-order valence-corrected chi connectivity index (χ1v) is 7.65. The van der Waals surface area contributed by atoms with Gasteiger partial charge in [0.25, 0.3) is 0 Å². The van der Waals surface area contributed by atoms with Gasteiger partial charge in [-0.25, -0.2) is 0 Å². The number of ether oxygens (including phenoxy) is 1. The summed E-state index contributed by atoms with van der Waals surface area (Å²) in [6.45, 7) is 9.18. The molecule has 0 aliphatic carbocycles. The lowest BCUT2D eigenvalue weighted by Crippen LogP contribution is -2.24. The normalized spacial score (nSPS) is 12.6. The van der Waals surface area contributed by atoms with Gasteiger partial charge in [-0.15, -0.1) is 0 Å². The van der Waals surface area contributed by atoms with E-state index in [2.05, 4.69) is 30.4 Å². The Hall–Kier alpha value is -1.74. The molecule has 0 saturated carbocycles. The zero-order chi connectivity index (χ0) is 15.2. The van der Waals surface area contributed by atoms with Crippen LogP contribution in [-0.2, 0) is 0 Å². The van der Waals surface area contributed by atoms with Crippen LogP contribution in [0.3, 0.4) is 0 Å². The second-order valence-electron chi connectivity index (χ2n) is 5.58. The van der Waals surface area contributed by atoms with Gasteiger partial charge in [-0.1, -0.05) is 25.1 Å². The quantitative estimate of drug-likeness (QED) is 0.816. The second-order valence-corrected chi connectivity index (χ2v) is 5.58. The summed E-state index contributed by atoms with van der Waals surface area (Å²) in [5.74, 6) is 1.86. The van der Waals surface area contributed by atoms with Crippen LogP contribution in [0.15, 0.2) is 41.0 Å². The minimum absolute atomic E-state index is 0.0948. The molecule has 2 rings (SSSR count). The van der Waals surface area contributed by atoms with Gasteiger partial charge in [0.1, 0.15) is 11.5 Å². The number of furan rings is 1. The van der Waals surface area contributed by atoms with Crippen molar-refractivity contribution in [1.82, 2.24) is 5.32 Å². The molecule has 0 bridgehead atoms. The monoisotopic (exact) mass is 287 g/mol. The number of aryl methyl sites for hydroxylation is 1. The van der Waals surface area contributed by atoms with E-state index in [1.54, 1.807) is 0 Å². The summed E-state index contributed by atoms with van der Waals surface area (Å²) in [7, 11) is 0. The van der Waals surface area contributed by atoms with Gasteiger partial charge in [-0.05, 0) is 45.9 Å². The molecule has 0 aliphatic rings. The average Bonchev–Trinajstić information content (AvgIpc) is 2.87. The Morgan fingerprint density at radius 1 is 1.24 bits per heavy atom. The van der Waals surface area contributed by atoms with Crippen LogP contribution in [0.1, 0.15) is 50.1 Å². The molecule has 2 aromatic rings. The number of nitrogens with one attached hydrogen (secondary N) is 1. The van der Waals surface area contributed by atoms with Crippen LogP contribution in [0, 0.1) is 6.92 Å². The Bertz CT molecular complexity index is 560. The maximum Gasteiger partial charge on any atom is 0.124 e. The molecule has 21 heavy (non-hydrogen) atoms. The Morgan fingerprint density at radius 2 is 2.00 bits per heavy atom. The second kappa shape index (κ2) is 7.32. The Balaban J connectivity index is 2.36. The highest BCUT2D eigenvalue weighted by atomic mass is 16.5. The number of hydrogen-bond donors (Lipinski definition) is 1. The summed E-state index contributed by atoms with van der Waals surface area (Å²) in [5, 5.41) is 3.59. The topological polar surface area (TPSA) is 34.4 Å². The summed E-state index contributed by atoms with van der Waals surface area (Å²) < 4.78 is 11.5. The first-order chi connectivity index (χ1) is 10.1. The van der Waals surface area contributed by atoms with Gasteiger partial charge in [-0.3, -0.25) is 0 Å². The predicted molar refractivity (Wildman–Crippen MR) is 85.8 cm³/mol. The number of para-hydroxylation sites is 1. The van der Waals surface area contributed by atoms with Crippen molar-refractivity contribution in [2.24, 2.45) is 0 Å². The summed E-state index contributed by atoms with van der Waals surface area (Å²) in [5.41, 5.74) is 2.29. The molecule has 1 N–H and O–H groups in total. The molecule has 3 nitrogen and oxygen atoms in total. The van der Waals surface area contributed by atoms with Gasteiger partial charge in [-0.2, -0.15) is 0 Å². The lowest BCUT2D eigenvalue weighted by Gasteiger charge is -2.22. The molecular weight excluding hydrogens is 262 g/mol. The van der Waals surface area contributed by atoms with Crippen LogP contribution >= 0.6 is 0 Å². The van der Waals surface area contributed by atoms with Gasteiger partial charge >= 0.3 is 0 Å². The van der Waals surface area contributed by atoms with E-state index in [4.69, 9.17) is 9.15 Å². The zero-order valence-corrected chi connectivity index (χ0v) is 13.3. The lowest BCUT2D eigenvalue weighted by atomic mass is 9.99. The minimum Gasteiger partial charge on any atom is -0.491 e. The highest BCUT2D eigenvalue weighted by molar-refractivity contribution is 5.41. The van der Waals surface area contributed by atoms with Crippen LogP contribution in [0.5, 0.6) is 5.75 Å². The van der Waals surface area contributed by atoms with E-state index >= 15 is 0 Å². The molecule has 114 valence electrons. The molecule has 1 atom stereocenters. The number of hydrogen-bond acceptors (Lipinski definition) is 3. The largest absolute Gasteiger partial charge is 0.491 e. The van der Waals surface area contributed by atoms with Crippen molar-refractivity contribution in [3.63, 3.8) is 0 Å². The third-order valence-electron chi connectivity index (χ3n) is 3.28.